The third-order valence-corrected chi connectivity index (χ3v) is 1.36. The Kier molecular flexibility index (Phi) is 1.82. The maximum atomic E-state index is 10.1. The summed E-state index contributed by atoms with van der Waals surface area (Å²) in [5.41, 5.74) is 5.36. The Morgan fingerprint density at radius 1 is 1.29 bits per heavy atom. The summed E-state index contributed by atoms with van der Waals surface area (Å²) in [5.74, 6) is 0.0868. The van der Waals surface area contributed by atoms with Crippen molar-refractivity contribution >= 4 is 11.6 Å². The number of rotatable bonds is 2. The maximum absolute atomic E-state index is 10.1. The van der Waals surface area contributed by atoms with Gasteiger partial charge in [0.1, 0.15) is 5.69 Å². The fourth-order valence-electron chi connectivity index (χ4n) is 0.793. The van der Waals surface area contributed by atoms with Crippen LogP contribution in [-0.4, -0.2) is 30.2 Å². The number of aromatic nitrogens is 6. The number of nitroso groups, excluding NO2 is 1. The van der Waals surface area contributed by atoms with Crippen LogP contribution in [-0.2, 0) is 0 Å². The highest BCUT2D eigenvalue weighted by atomic mass is 16.3. The summed E-state index contributed by atoms with van der Waals surface area (Å²) >= 11 is 0. The molecule has 70 valence electrons. The quantitative estimate of drug-likeness (QED) is 0.631. The minimum atomic E-state index is -0.0327. The van der Waals surface area contributed by atoms with Gasteiger partial charge in [0.05, 0.1) is 12.4 Å². The van der Waals surface area contributed by atoms with Crippen molar-refractivity contribution in [3.63, 3.8) is 0 Å². The first-order chi connectivity index (χ1) is 6.79. The average Bonchev–Trinajstić information content (AvgIpc) is 2.67. The van der Waals surface area contributed by atoms with Crippen LogP contribution in [0.25, 0.3) is 5.95 Å². The van der Waals surface area contributed by atoms with Crippen LogP contribution >= 0.6 is 0 Å². The van der Waals surface area contributed by atoms with Crippen LogP contribution in [0.5, 0.6) is 0 Å². The summed E-state index contributed by atoms with van der Waals surface area (Å²) in [6, 6.07) is 0. The molecule has 2 aromatic heterocycles. The molecule has 2 heterocycles. The molecule has 0 amide bonds. The summed E-state index contributed by atoms with van der Waals surface area (Å²) in [6.07, 6.45) is 2.62. The average molecular weight is 192 g/mol. The monoisotopic (exact) mass is 192 g/mol. The Morgan fingerprint density at radius 2 is 2.00 bits per heavy atom. The van der Waals surface area contributed by atoms with E-state index >= 15 is 0 Å². The van der Waals surface area contributed by atoms with Gasteiger partial charge in [0.25, 0.3) is 11.9 Å². The SMILES string of the molecule is Nc1nnc(-n2cc(N=O)cn2)nn1. The van der Waals surface area contributed by atoms with Crippen molar-refractivity contribution in [3.05, 3.63) is 17.3 Å². The van der Waals surface area contributed by atoms with Crippen LogP contribution in [0.4, 0.5) is 11.6 Å². The fourth-order valence-corrected chi connectivity index (χ4v) is 0.793. The molecule has 9 nitrogen and oxygen atoms in total. The van der Waals surface area contributed by atoms with Gasteiger partial charge in [-0.2, -0.15) is 5.10 Å². The zero-order valence-electron chi connectivity index (χ0n) is 6.77. The number of hydrogen-bond acceptors (Lipinski definition) is 8. The molecule has 2 aromatic rings. The van der Waals surface area contributed by atoms with Gasteiger partial charge in [-0.1, -0.05) is 0 Å². The van der Waals surface area contributed by atoms with Crippen molar-refractivity contribution in [2.45, 2.75) is 0 Å². The normalized spacial score (nSPS) is 10.0. The van der Waals surface area contributed by atoms with Gasteiger partial charge in [-0.05, 0) is 5.18 Å². The molecule has 0 spiro atoms. The minimum Gasteiger partial charge on any atom is -0.365 e. The molecule has 2 N–H and O–H groups in total. The van der Waals surface area contributed by atoms with Crippen molar-refractivity contribution in [1.29, 1.82) is 0 Å². The van der Waals surface area contributed by atoms with E-state index in [1.807, 2.05) is 0 Å². The van der Waals surface area contributed by atoms with Crippen LogP contribution in [0.3, 0.4) is 0 Å². The van der Waals surface area contributed by atoms with E-state index < -0.39 is 0 Å². The number of hydrogen-bond donors (Lipinski definition) is 1. The van der Waals surface area contributed by atoms with Crippen molar-refractivity contribution in [1.82, 2.24) is 30.2 Å². The first-order valence-corrected chi connectivity index (χ1v) is 3.51. The van der Waals surface area contributed by atoms with E-state index in [2.05, 4.69) is 30.7 Å². The summed E-state index contributed by atoms with van der Waals surface area (Å²) < 4.78 is 1.22. The van der Waals surface area contributed by atoms with Crippen LogP contribution in [0.1, 0.15) is 0 Å². The third kappa shape index (κ3) is 1.37. The van der Waals surface area contributed by atoms with Gasteiger partial charge in [0.15, 0.2) is 0 Å². The lowest BCUT2D eigenvalue weighted by Crippen LogP contribution is -2.07. The highest BCUT2D eigenvalue weighted by Gasteiger charge is 2.04. The highest BCUT2D eigenvalue weighted by molar-refractivity contribution is 5.31. The zero-order valence-corrected chi connectivity index (χ0v) is 6.77. The lowest BCUT2D eigenvalue weighted by atomic mass is 10.6. The molecule has 0 aliphatic carbocycles. The van der Waals surface area contributed by atoms with Gasteiger partial charge in [-0.3, -0.25) is 0 Å². The first kappa shape index (κ1) is 8.16. The number of nitrogen functional groups attached to an aromatic ring is 1. The molecule has 0 aromatic carbocycles. The predicted octanol–water partition coefficient (Wildman–Crippen LogP) is -0.568. The lowest BCUT2D eigenvalue weighted by Gasteiger charge is -1.94. The van der Waals surface area contributed by atoms with Gasteiger partial charge in [0.2, 0.25) is 0 Å². The summed E-state index contributed by atoms with van der Waals surface area (Å²) in [7, 11) is 0. The molecule has 0 atom stereocenters. The lowest BCUT2D eigenvalue weighted by molar-refractivity contribution is 0.734. The highest BCUT2D eigenvalue weighted by Crippen LogP contribution is 2.09. The van der Waals surface area contributed by atoms with Crippen molar-refractivity contribution in [2.24, 2.45) is 5.18 Å². The molecule has 9 heteroatoms. The van der Waals surface area contributed by atoms with E-state index in [1.54, 1.807) is 0 Å². The number of nitrogens with two attached hydrogens (primary N) is 1. The summed E-state index contributed by atoms with van der Waals surface area (Å²) in [5, 5.41) is 20.6. The van der Waals surface area contributed by atoms with E-state index in [9.17, 15) is 4.91 Å². The fraction of sp³-hybridized carbons (Fsp3) is 0. The Labute approximate surface area is 76.9 Å². The smallest absolute Gasteiger partial charge is 0.289 e. The molecule has 0 radical (unpaired) electrons. The van der Waals surface area contributed by atoms with Crippen LogP contribution in [0.2, 0.25) is 0 Å². The van der Waals surface area contributed by atoms with Gasteiger partial charge in [0, 0.05) is 0 Å². The molecule has 0 aliphatic rings. The summed E-state index contributed by atoms with van der Waals surface area (Å²) in [4.78, 5) is 10.1. The second kappa shape index (κ2) is 3.12. The molecule has 0 fully saturated rings. The van der Waals surface area contributed by atoms with Crippen molar-refractivity contribution < 1.29 is 0 Å². The van der Waals surface area contributed by atoms with Gasteiger partial charge >= 0.3 is 0 Å². The van der Waals surface area contributed by atoms with E-state index in [0.717, 1.165) is 0 Å². The third-order valence-electron chi connectivity index (χ3n) is 1.36. The Hall–Kier alpha value is -2.45. The predicted molar refractivity (Wildman–Crippen MR) is 44.6 cm³/mol. The largest absolute Gasteiger partial charge is 0.365 e. The molecule has 14 heavy (non-hydrogen) atoms. The second-order valence-electron chi connectivity index (χ2n) is 2.29. The molecule has 0 aliphatic heterocycles. The van der Waals surface area contributed by atoms with Crippen LogP contribution in [0, 0.1) is 4.91 Å². The van der Waals surface area contributed by atoms with E-state index in [-0.39, 0.29) is 17.6 Å². The molecule has 0 unspecified atom stereocenters. The molecule has 2 rings (SSSR count). The Morgan fingerprint density at radius 3 is 2.57 bits per heavy atom. The number of nitrogens with zero attached hydrogens (tertiary/aromatic N) is 7. The topological polar surface area (TPSA) is 125 Å². The molecule has 0 saturated carbocycles. The second-order valence-corrected chi connectivity index (χ2v) is 2.29. The zero-order chi connectivity index (χ0) is 9.97. The van der Waals surface area contributed by atoms with Crippen LogP contribution in [0.15, 0.2) is 17.6 Å². The number of anilines is 1. The van der Waals surface area contributed by atoms with Crippen molar-refractivity contribution in [2.75, 3.05) is 5.73 Å². The Bertz CT molecular complexity index is 447. The standard InChI is InChI=1S/C5H4N8O/c6-4-8-10-5(11-9-4)13-2-3(12-14)1-7-13/h1-2H,(H2,6,8,9). The summed E-state index contributed by atoms with van der Waals surface area (Å²) in [6.45, 7) is 0. The Balaban J connectivity index is 2.39. The van der Waals surface area contributed by atoms with Gasteiger partial charge in [-0.25, -0.2) is 4.68 Å². The molecule has 0 saturated heterocycles. The maximum Gasteiger partial charge on any atom is 0.289 e. The molecular weight excluding hydrogens is 188 g/mol. The van der Waals surface area contributed by atoms with E-state index in [0.29, 0.717) is 0 Å². The van der Waals surface area contributed by atoms with Crippen LogP contribution < -0.4 is 5.73 Å². The van der Waals surface area contributed by atoms with E-state index in [4.69, 9.17) is 5.73 Å². The van der Waals surface area contributed by atoms with Gasteiger partial charge in [-0.15, -0.1) is 25.3 Å². The van der Waals surface area contributed by atoms with Crippen molar-refractivity contribution in [3.8, 4) is 5.95 Å². The van der Waals surface area contributed by atoms with E-state index in [1.165, 1.54) is 17.1 Å². The first-order valence-electron chi connectivity index (χ1n) is 3.51. The van der Waals surface area contributed by atoms with Gasteiger partial charge < -0.3 is 5.73 Å². The molecular formula is C5H4N8O. The molecule has 0 bridgehead atoms. The minimum absolute atomic E-state index is 0.0327.